The summed E-state index contributed by atoms with van der Waals surface area (Å²) >= 11 is 6.32. The standard InChI is InChI=1S/C16H24ClNO/c1-2-18-12-13-9-10-16(15(17)11-13)19-14-7-5-3-4-6-8-14/h9-11,14,18H,2-8,12H2,1H3. The Morgan fingerprint density at radius 3 is 2.58 bits per heavy atom. The Morgan fingerprint density at radius 1 is 1.21 bits per heavy atom. The van der Waals surface area contributed by atoms with Crippen LogP contribution >= 0.6 is 11.6 Å². The lowest BCUT2D eigenvalue weighted by Gasteiger charge is -2.18. The van der Waals surface area contributed by atoms with Crippen molar-refractivity contribution in [3.63, 3.8) is 0 Å². The smallest absolute Gasteiger partial charge is 0.138 e. The van der Waals surface area contributed by atoms with Crippen molar-refractivity contribution in [2.45, 2.75) is 58.1 Å². The molecule has 0 saturated heterocycles. The quantitative estimate of drug-likeness (QED) is 0.800. The minimum Gasteiger partial charge on any atom is -0.489 e. The third-order valence-corrected chi connectivity index (χ3v) is 3.97. The van der Waals surface area contributed by atoms with Gasteiger partial charge in [-0.05, 0) is 49.9 Å². The number of nitrogens with one attached hydrogen (secondary N) is 1. The minimum atomic E-state index is 0.347. The first-order chi connectivity index (χ1) is 9.29. The molecule has 0 aliphatic heterocycles. The van der Waals surface area contributed by atoms with Gasteiger partial charge < -0.3 is 10.1 Å². The highest BCUT2D eigenvalue weighted by Gasteiger charge is 2.15. The number of ether oxygens (including phenoxy) is 1. The molecule has 1 saturated carbocycles. The third kappa shape index (κ3) is 4.70. The SMILES string of the molecule is CCNCc1ccc(OC2CCCCCC2)c(Cl)c1. The van der Waals surface area contributed by atoms with E-state index >= 15 is 0 Å². The van der Waals surface area contributed by atoms with E-state index in [4.69, 9.17) is 16.3 Å². The second-order valence-electron chi connectivity index (χ2n) is 5.28. The predicted octanol–water partition coefficient (Wildman–Crippen LogP) is 4.55. The Labute approximate surface area is 121 Å². The summed E-state index contributed by atoms with van der Waals surface area (Å²) in [5.74, 6) is 0.841. The zero-order valence-electron chi connectivity index (χ0n) is 11.8. The van der Waals surface area contributed by atoms with E-state index in [-0.39, 0.29) is 0 Å². The zero-order chi connectivity index (χ0) is 13.5. The van der Waals surface area contributed by atoms with E-state index in [0.29, 0.717) is 6.10 Å². The maximum Gasteiger partial charge on any atom is 0.138 e. The zero-order valence-corrected chi connectivity index (χ0v) is 12.5. The normalized spacial score (nSPS) is 17.2. The fraction of sp³-hybridized carbons (Fsp3) is 0.625. The van der Waals surface area contributed by atoms with Crippen LogP contribution in [-0.4, -0.2) is 12.6 Å². The first-order valence-electron chi connectivity index (χ1n) is 7.45. The molecule has 1 fully saturated rings. The molecule has 1 aromatic rings. The lowest BCUT2D eigenvalue weighted by molar-refractivity contribution is 0.184. The maximum absolute atomic E-state index is 6.32. The van der Waals surface area contributed by atoms with E-state index < -0.39 is 0 Å². The van der Waals surface area contributed by atoms with Gasteiger partial charge in [-0.25, -0.2) is 0 Å². The number of hydrogen-bond acceptors (Lipinski definition) is 2. The van der Waals surface area contributed by atoms with Gasteiger partial charge in [-0.15, -0.1) is 0 Å². The van der Waals surface area contributed by atoms with Crippen molar-refractivity contribution >= 4 is 11.6 Å². The molecule has 3 heteroatoms. The molecule has 0 atom stereocenters. The molecule has 0 bridgehead atoms. The van der Waals surface area contributed by atoms with Crippen molar-refractivity contribution in [2.24, 2.45) is 0 Å². The molecule has 0 heterocycles. The van der Waals surface area contributed by atoms with E-state index in [0.717, 1.165) is 36.7 Å². The molecule has 2 nitrogen and oxygen atoms in total. The summed E-state index contributed by atoms with van der Waals surface area (Å²) in [6, 6.07) is 6.12. The van der Waals surface area contributed by atoms with Gasteiger partial charge >= 0.3 is 0 Å². The maximum atomic E-state index is 6.32. The Kier molecular flexibility index (Phi) is 5.99. The Morgan fingerprint density at radius 2 is 1.95 bits per heavy atom. The molecule has 0 amide bonds. The van der Waals surface area contributed by atoms with Crippen LogP contribution in [0.15, 0.2) is 18.2 Å². The number of rotatable bonds is 5. The number of benzene rings is 1. The van der Waals surface area contributed by atoms with Crippen molar-refractivity contribution in [1.29, 1.82) is 0 Å². The van der Waals surface area contributed by atoms with Crippen molar-refractivity contribution in [1.82, 2.24) is 5.32 Å². The molecule has 106 valence electrons. The van der Waals surface area contributed by atoms with Gasteiger partial charge in [0.15, 0.2) is 0 Å². The Balaban J connectivity index is 1.95. The van der Waals surface area contributed by atoms with Crippen LogP contribution in [0.3, 0.4) is 0 Å². The molecule has 19 heavy (non-hydrogen) atoms. The lowest BCUT2D eigenvalue weighted by atomic mass is 10.1. The predicted molar refractivity (Wildman–Crippen MR) is 81.0 cm³/mol. The van der Waals surface area contributed by atoms with Crippen molar-refractivity contribution in [3.8, 4) is 5.75 Å². The molecule has 1 aromatic carbocycles. The van der Waals surface area contributed by atoms with Crippen LogP contribution in [0.4, 0.5) is 0 Å². The molecule has 0 unspecified atom stereocenters. The lowest BCUT2D eigenvalue weighted by Crippen LogP contribution is -2.15. The fourth-order valence-electron chi connectivity index (χ4n) is 2.56. The van der Waals surface area contributed by atoms with E-state index in [1.807, 2.05) is 12.1 Å². The molecular weight excluding hydrogens is 258 g/mol. The van der Waals surface area contributed by atoms with Gasteiger partial charge in [0.25, 0.3) is 0 Å². The first-order valence-corrected chi connectivity index (χ1v) is 7.83. The molecule has 0 spiro atoms. The van der Waals surface area contributed by atoms with Gasteiger partial charge in [0, 0.05) is 6.54 Å². The molecule has 0 radical (unpaired) electrons. The summed E-state index contributed by atoms with van der Waals surface area (Å²) in [6.07, 6.45) is 7.91. The molecule has 2 rings (SSSR count). The average molecular weight is 282 g/mol. The highest BCUT2D eigenvalue weighted by Crippen LogP contribution is 2.29. The average Bonchev–Trinajstić information content (AvgIpc) is 2.68. The highest BCUT2D eigenvalue weighted by atomic mass is 35.5. The highest BCUT2D eigenvalue weighted by molar-refractivity contribution is 6.32. The summed E-state index contributed by atoms with van der Waals surface area (Å²) in [5.41, 5.74) is 1.21. The number of halogens is 1. The second kappa shape index (κ2) is 7.76. The van der Waals surface area contributed by atoms with Gasteiger partial charge in [0.05, 0.1) is 11.1 Å². The van der Waals surface area contributed by atoms with Crippen LogP contribution in [0, 0.1) is 0 Å². The fourth-order valence-corrected chi connectivity index (χ4v) is 2.81. The van der Waals surface area contributed by atoms with Gasteiger partial charge in [0.2, 0.25) is 0 Å². The van der Waals surface area contributed by atoms with Crippen molar-refractivity contribution < 1.29 is 4.74 Å². The van der Waals surface area contributed by atoms with E-state index in [9.17, 15) is 0 Å². The molecule has 1 aliphatic rings. The third-order valence-electron chi connectivity index (χ3n) is 3.67. The summed E-state index contributed by atoms with van der Waals surface area (Å²) < 4.78 is 6.07. The monoisotopic (exact) mass is 281 g/mol. The van der Waals surface area contributed by atoms with Gasteiger partial charge in [0.1, 0.15) is 5.75 Å². The van der Waals surface area contributed by atoms with E-state index in [2.05, 4.69) is 18.3 Å². The van der Waals surface area contributed by atoms with E-state index in [1.54, 1.807) is 0 Å². The van der Waals surface area contributed by atoms with Crippen molar-refractivity contribution in [3.05, 3.63) is 28.8 Å². The Bertz CT molecular complexity index is 386. The Hall–Kier alpha value is -0.730. The van der Waals surface area contributed by atoms with Crippen LogP contribution < -0.4 is 10.1 Å². The second-order valence-corrected chi connectivity index (χ2v) is 5.68. The topological polar surface area (TPSA) is 21.3 Å². The van der Waals surface area contributed by atoms with Crippen LogP contribution in [0.5, 0.6) is 5.75 Å². The van der Waals surface area contributed by atoms with Crippen LogP contribution in [0.25, 0.3) is 0 Å². The van der Waals surface area contributed by atoms with Crippen LogP contribution in [-0.2, 0) is 6.54 Å². The summed E-state index contributed by atoms with van der Waals surface area (Å²) in [4.78, 5) is 0. The molecule has 0 aromatic heterocycles. The first kappa shape index (κ1) is 14.7. The molecule has 1 aliphatic carbocycles. The largest absolute Gasteiger partial charge is 0.489 e. The summed E-state index contributed by atoms with van der Waals surface area (Å²) in [5, 5.41) is 4.04. The summed E-state index contributed by atoms with van der Waals surface area (Å²) in [7, 11) is 0. The van der Waals surface area contributed by atoms with Crippen LogP contribution in [0.1, 0.15) is 51.0 Å². The van der Waals surface area contributed by atoms with Crippen molar-refractivity contribution in [2.75, 3.05) is 6.54 Å². The van der Waals surface area contributed by atoms with Crippen LogP contribution in [0.2, 0.25) is 5.02 Å². The van der Waals surface area contributed by atoms with E-state index in [1.165, 1.54) is 31.2 Å². The minimum absolute atomic E-state index is 0.347. The van der Waals surface area contributed by atoms with Gasteiger partial charge in [-0.2, -0.15) is 0 Å². The summed E-state index contributed by atoms with van der Waals surface area (Å²) in [6.45, 7) is 3.93. The molecule has 1 N–H and O–H groups in total. The van der Waals surface area contributed by atoms with Gasteiger partial charge in [-0.1, -0.05) is 37.4 Å². The molecular formula is C16H24ClNO. The number of hydrogen-bond donors (Lipinski definition) is 1. The van der Waals surface area contributed by atoms with Gasteiger partial charge in [-0.3, -0.25) is 0 Å².